The molecule has 1 aliphatic rings. The van der Waals surface area contributed by atoms with Crippen LogP contribution in [0, 0.1) is 0 Å². The van der Waals surface area contributed by atoms with Gasteiger partial charge in [-0.2, -0.15) is 0 Å². The van der Waals surface area contributed by atoms with E-state index in [0.717, 1.165) is 37.9 Å². The number of nitrogens with zero attached hydrogens (tertiary/aromatic N) is 2. The summed E-state index contributed by atoms with van der Waals surface area (Å²) in [5.41, 5.74) is 1.01. The van der Waals surface area contributed by atoms with Crippen molar-refractivity contribution in [2.75, 3.05) is 6.54 Å². The third-order valence-corrected chi connectivity index (χ3v) is 5.20. The summed E-state index contributed by atoms with van der Waals surface area (Å²) in [5, 5.41) is 11.6. The molecule has 5 heteroatoms. The second kappa shape index (κ2) is 7.03. The Morgan fingerprint density at radius 1 is 1.36 bits per heavy atom. The van der Waals surface area contributed by atoms with E-state index in [1.165, 1.54) is 4.88 Å². The summed E-state index contributed by atoms with van der Waals surface area (Å²) in [4.78, 5) is 19.4. The van der Waals surface area contributed by atoms with Gasteiger partial charge in [0, 0.05) is 23.2 Å². The van der Waals surface area contributed by atoms with E-state index < -0.39 is 5.97 Å². The van der Waals surface area contributed by atoms with Crippen LogP contribution >= 0.6 is 11.3 Å². The highest BCUT2D eigenvalue weighted by molar-refractivity contribution is 7.10. The maximum atomic E-state index is 11.6. The van der Waals surface area contributed by atoms with Crippen LogP contribution in [-0.4, -0.2) is 33.5 Å². The quantitative estimate of drug-likeness (QED) is 0.919. The number of hydrogen-bond donors (Lipinski definition) is 1. The molecule has 0 amide bonds. The molecule has 2 aromatic heterocycles. The molecule has 0 aromatic carbocycles. The Kier molecular flexibility index (Phi) is 4.85. The topological polar surface area (TPSA) is 53.4 Å². The van der Waals surface area contributed by atoms with Crippen LogP contribution in [0.1, 0.15) is 35.9 Å². The minimum atomic E-state index is -0.706. The van der Waals surface area contributed by atoms with Crippen LogP contribution in [0.4, 0.5) is 0 Å². The van der Waals surface area contributed by atoms with Crippen LogP contribution in [0.3, 0.4) is 0 Å². The predicted octanol–water partition coefficient (Wildman–Crippen LogP) is 3.37. The molecule has 3 heterocycles. The number of likely N-dealkylation sites (tertiary alicyclic amines) is 1. The zero-order valence-corrected chi connectivity index (χ0v) is 13.2. The molecule has 1 N–H and O–H groups in total. The first kappa shape index (κ1) is 15.2. The number of carbonyl (C=O) groups is 1. The summed E-state index contributed by atoms with van der Waals surface area (Å²) < 4.78 is 0. The first-order valence-electron chi connectivity index (χ1n) is 7.67. The second-order valence-electron chi connectivity index (χ2n) is 5.64. The lowest BCUT2D eigenvalue weighted by molar-refractivity contribution is -0.145. The summed E-state index contributed by atoms with van der Waals surface area (Å²) in [5.74, 6) is -0.706. The SMILES string of the molecule is O=C(O)C1CCCCN1C(Cc1ccccn1)c1cccs1. The maximum absolute atomic E-state index is 11.6. The van der Waals surface area contributed by atoms with Gasteiger partial charge in [0.25, 0.3) is 0 Å². The monoisotopic (exact) mass is 316 g/mol. The smallest absolute Gasteiger partial charge is 0.320 e. The Bertz CT molecular complexity index is 600. The first-order valence-corrected chi connectivity index (χ1v) is 8.55. The third-order valence-electron chi connectivity index (χ3n) is 4.23. The normalized spacial score (nSPS) is 20.6. The minimum Gasteiger partial charge on any atom is -0.480 e. The highest BCUT2D eigenvalue weighted by atomic mass is 32.1. The van der Waals surface area contributed by atoms with Crippen molar-refractivity contribution in [3.8, 4) is 0 Å². The minimum absolute atomic E-state index is 0.0938. The Hall–Kier alpha value is -1.72. The van der Waals surface area contributed by atoms with Gasteiger partial charge in [-0.25, -0.2) is 0 Å². The van der Waals surface area contributed by atoms with Crippen LogP contribution in [0.25, 0.3) is 0 Å². The molecule has 1 fully saturated rings. The molecule has 1 saturated heterocycles. The van der Waals surface area contributed by atoms with E-state index in [4.69, 9.17) is 0 Å². The number of pyridine rings is 1. The lowest BCUT2D eigenvalue weighted by atomic mass is 9.97. The van der Waals surface area contributed by atoms with Crippen molar-refractivity contribution >= 4 is 17.3 Å². The van der Waals surface area contributed by atoms with Gasteiger partial charge in [0.15, 0.2) is 0 Å². The number of piperidine rings is 1. The fourth-order valence-electron chi connectivity index (χ4n) is 3.17. The largest absolute Gasteiger partial charge is 0.480 e. The van der Waals surface area contributed by atoms with Crippen molar-refractivity contribution < 1.29 is 9.90 Å². The van der Waals surface area contributed by atoms with Gasteiger partial charge >= 0.3 is 5.97 Å². The van der Waals surface area contributed by atoms with Crippen molar-refractivity contribution in [3.63, 3.8) is 0 Å². The van der Waals surface area contributed by atoms with Crippen molar-refractivity contribution in [1.29, 1.82) is 0 Å². The molecule has 0 aliphatic carbocycles. The van der Waals surface area contributed by atoms with Crippen molar-refractivity contribution in [2.24, 2.45) is 0 Å². The highest BCUT2D eigenvalue weighted by Crippen LogP contribution is 2.33. The summed E-state index contributed by atoms with van der Waals surface area (Å²) in [7, 11) is 0. The fourth-order valence-corrected chi connectivity index (χ4v) is 4.02. The lowest BCUT2D eigenvalue weighted by Crippen LogP contribution is -2.47. The van der Waals surface area contributed by atoms with Crippen molar-refractivity contribution in [3.05, 3.63) is 52.5 Å². The molecule has 3 rings (SSSR count). The van der Waals surface area contributed by atoms with Crippen LogP contribution in [0.2, 0.25) is 0 Å². The number of rotatable bonds is 5. The molecule has 0 saturated carbocycles. The molecule has 2 atom stereocenters. The number of carboxylic acids is 1. The number of thiophene rings is 1. The molecule has 4 nitrogen and oxygen atoms in total. The molecule has 116 valence electrons. The van der Waals surface area contributed by atoms with Gasteiger partial charge in [0.2, 0.25) is 0 Å². The van der Waals surface area contributed by atoms with Gasteiger partial charge in [-0.3, -0.25) is 14.7 Å². The second-order valence-corrected chi connectivity index (χ2v) is 6.62. The Balaban J connectivity index is 1.89. The maximum Gasteiger partial charge on any atom is 0.320 e. The molecular formula is C17H20N2O2S. The number of carboxylic acid groups (broad SMARTS) is 1. The number of aromatic nitrogens is 1. The third kappa shape index (κ3) is 3.36. The molecule has 0 bridgehead atoms. The van der Waals surface area contributed by atoms with Gasteiger partial charge in [0.1, 0.15) is 6.04 Å². The van der Waals surface area contributed by atoms with Crippen LogP contribution in [-0.2, 0) is 11.2 Å². The van der Waals surface area contributed by atoms with E-state index in [1.807, 2.05) is 24.3 Å². The van der Waals surface area contributed by atoms with Gasteiger partial charge < -0.3 is 5.11 Å². The molecule has 2 aromatic rings. The van der Waals surface area contributed by atoms with E-state index in [9.17, 15) is 9.90 Å². The van der Waals surface area contributed by atoms with Crippen LogP contribution in [0.15, 0.2) is 41.9 Å². The highest BCUT2D eigenvalue weighted by Gasteiger charge is 2.34. The summed E-state index contributed by atoms with van der Waals surface area (Å²) in [6, 6.07) is 9.75. The summed E-state index contributed by atoms with van der Waals surface area (Å²) >= 11 is 1.70. The fraction of sp³-hybridized carbons (Fsp3) is 0.412. The van der Waals surface area contributed by atoms with Crippen molar-refractivity contribution in [2.45, 2.75) is 37.8 Å². The van der Waals surface area contributed by atoms with Gasteiger partial charge in [-0.15, -0.1) is 11.3 Å². The van der Waals surface area contributed by atoms with Crippen molar-refractivity contribution in [1.82, 2.24) is 9.88 Å². The zero-order chi connectivity index (χ0) is 15.4. The predicted molar refractivity (Wildman–Crippen MR) is 87.0 cm³/mol. The summed E-state index contributed by atoms with van der Waals surface area (Å²) in [6.07, 6.45) is 5.35. The molecule has 1 aliphatic heterocycles. The van der Waals surface area contributed by atoms with E-state index in [1.54, 1.807) is 17.5 Å². The number of hydrogen-bond acceptors (Lipinski definition) is 4. The average Bonchev–Trinajstić information content (AvgIpc) is 3.08. The summed E-state index contributed by atoms with van der Waals surface area (Å²) in [6.45, 7) is 0.840. The first-order chi connectivity index (χ1) is 10.8. The van der Waals surface area contributed by atoms with Crippen LogP contribution in [0.5, 0.6) is 0 Å². The van der Waals surface area contributed by atoms with Gasteiger partial charge in [-0.05, 0) is 43.0 Å². The van der Waals surface area contributed by atoms with E-state index in [-0.39, 0.29) is 12.1 Å². The Morgan fingerprint density at radius 3 is 2.95 bits per heavy atom. The molecule has 0 radical (unpaired) electrons. The Labute approximate surface area is 134 Å². The van der Waals surface area contributed by atoms with Gasteiger partial charge in [-0.1, -0.05) is 18.6 Å². The molecular weight excluding hydrogens is 296 g/mol. The zero-order valence-electron chi connectivity index (χ0n) is 12.4. The average molecular weight is 316 g/mol. The molecule has 2 unspecified atom stereocenters. The lowest BCUT2D eigenvalue weighted by Gasteiger charge is -2.38. The molecule has 22 heavy (non-hydrogen) atoms. The van der Waals surface area contributed by atoms with E-state index in [2.05, 4.69) is 21.3 Å². The number of aliphatic carboxylic acids is 1. The van der Waals surface area contributed by atoms with Gasteiger partial charge in [0.05, 0.1) is 6.04 Å². The van der Waals surface area contributed by atoms with Crippen LogP contribution < -0.4 is 0 Å². The standard InChI is InChI=1S/C17H20N2O2S/c20-17(21)14-7-2-4-10-19(14)15(16-8-5-11-22-16)12-13-6-1-3-9-18-13/h1,3,5-6,8-9,11,14-15H,2,4,7,10,12H2,(H,20,21). The molecule has 0 spiro atoms. The van der Waals surface area contributed by atoms with E-state index >= 15 is 0 Å². The van der Waals surface area contributed by atoms with E-state index in [0.29, 0.717) is 0 Å². The Morgan fingerprint density at radius 2 is 2.27 bits per heavy atom.